The van der Waals surface area contributed by atoms with E-state index in [0.29, 0.717) is 16.5 Å². The van der Waals surface area contributed by atoms with Crippen molar-refractivity contribution in [1.82, 2.24) is 0 Å². The van der Waals surface area contributed by atoms with Crippen LogP contribution in [0.3, 0.4) is 0 Å². The summed E-state index contributed by atoms with van der Waals surface area (Å²) in [6.45, 7) is 2.10. The van der Waals surface area contributed by atoms with Crippen molar-refractivity contribution in [2.45, 2.75) is 13.5 Å². The quantitative estimate of drug-likeness (QED) is 0.803. The number of carbonyl (C=O) groups excluding carboxylic acids is 1. The molecular weight excluding hydrogens is 268 g/mol. The van der Waals surface area contributed by atoms with Crippen LogP contribution in [0.4, 0.5) is 0 Å². The number of halogens is 1. The third kappa shape index (κ3) is 3.09. The van der Waals surface area contributed by atoms with E-state index in [1.165, 1.54) is 7.11 Å². The Kier molecular flexibility index (Phi) is 4.12. The molecule has 0 saturated carbocycles. The van der Waals surface area contributed by atoms with E-state index in [-0.39, 0.29) is 12.4 Å². The van der Waals surface area contributed by atoms with Crippen LogP contribution in [0.25, 0.3) is 0 Å². The molecule has 2 rings (SSSR count). The second-order valence-electron chi connectivity index (χ2n) is 3.93. The van der Waals surface area contributed by atoms with Gasteiger partial charge >= 0.3 is 5.97 Å². The molecule has 0 unspecified atom stereocenters. The van der Waals surface area contributed by atoms with Crippen molar-refractivity contribution in [3.63, 3.8) is 0 Å². The third-order valence-corrected chi connectivity index (χ3v) is 2.87. The van der Waals surface area contributed by atoms with Crippen LogP contribution in [0, 0.1) is 6.92 Å². The van der Waals surface area contributed by atoms with E-state index in [0.717, 1.165) is 5.56 Å². The molecule has 0 amide bonds. The molecule has 0 fully saturated rings. The number of esters is 1. The average molecular weight is 281 g/mol. The first-order chi connectivity index (χ1) is 9.11. The van der Waals surface area contributed by atoms with Crippen molar-refractivity contribution in [3.8, 4) is 5.75 Å². The molecule has 4 nitrogen and oxygen atoms in total. The second-order valence-corrected chi connectivity index (χ2v) is 4.34. The van der Waals surface area contributed by atoms with Gasteiger partial charge in [-0.3, -0.25) is 0 Å². The number of benzene rings is 1. The molecule has 100 valence electrons. The van der Waals surface area contributed by atoms with Gasteiger partial charge < -0.3 is 13.9 Å². The average Bonchev–Trinajstić information content (AvgIpc) is 2.86. The van der Waals surface area contributed by atoms with Crippen LogP contribution in [-0.4, -0.2) is 13.1 Å². The summed E-state index contributed by atoms with van der Waals surface area (Å²) in [5.74, 6) is 0.775. The maximum Gasteiger partial charge on any atom is 0.373 e. The van der Waals surface area contributed by atoms with Crippen LogP contribution >= 0.6 is 11.6 Å². The molecule has 5 heteroatoms. The lowest BCUT2D eigenvalue weighted by atomic mass is 10.2. The summed E-state index contributed by atoms with van der Waals surface area (Å²) >= 11 is 6.04. The summed E-state index contributed by atoms with van der Waals surface area (Å²) in [4.78, 5) is 11.2. The second kappa shape index (κ2) is 5.80. The summed E-state index contributed by atoms with van der Waals surface area (Å²) in [6, 6.07) is 8.73. The van der Waals surface area contributed by atoms with Crippen molar-refractivity contribution in [2.75, 3.05) is 7.11 Å². The van der Waals surface area contributed by atoms with E-state index in [1.54, 1.807) is 18.2 Å². The van der Waals surface area contributed by atoms with E-state index in [4.69, 9.17) is 20.8 Å². The van der Waals surface area contributed by atoms with Gasteiger partial charge in [-0.1, -0.05) is 23.7 Å². The van der Waals surface area contributed by atoms with Gasteiger partial charge in [-0.25, -0.2) is 4.79 Å². The largest absolute Gasteiger partial charge is 0.484 e. The van der Waals surface area contributed by atoms with Gasteiger partial charge in [0, 0.05) is 0 Å². The number of carbonyl (C=O) groups is 1. The molecule has 0 saturated heterocycles. The lowest BCUT2D eigenvalue weighted by Gasteiger charge is -2.09. The van der Waals surface area contributed by atoms with Crippen molar-refractivity contribution in [2.24, 2.45) is 0 Å². The van der Waals surface area contributed by atoms with Gasteiger partial charge in [0.25, 0.3) is 0 Å². The Balaban J connectivity index is 2.07. The molecule has 19 heavy (non-hydrogen) atoms. The Morgan fingerprint density at radius 3 is 2.79 bits per heavy atom. The highest BCUT2D eigenvalue weighted by atomic mass is 35.5. The zero-order chi connectivity index (χ0) is 13.8. The van der Waals surface area contributed by atoms with Gasteiger partial charge in [0.15, 0.2) is 0 Å². The highest BCUT2D eigenvalue weighted by molar-refractivity contribution is 6.32. The molecule has 1 aromatic carbocycles. The number of rotatable bonds is 4. The van der Waals surface area contributed by atoms with Crippen molar-refractivity contribution < 1.29 is 18.7 Å². The lowest BCUT2D eigenvalue weighted by Crippen LogP contribution is -1.99. The maximum absolute atomic E-state index is 11.2. The van der Waals surface area contributed by atoms with Crippen LogP contribution in [0.15, 0.2) is 34.7 Å². The molecule has 2 aromatic rings. The molecule has 0 aliphatic heterocycles. The number of hydrogen-bond donors (Lipinski definition) is 0. The first kappa shape index (κ1) is 13.5. The Morgan fingerprint density at radius 2 is 2.11 bits per heavy atom. The van der Waals surface area contributed by atoms with Gasteiger partial charge in [0.2, 0.25) is 5.76 Å². The summed E-state index contributed by atoms with van der Waals surface area (Å²) in [5.41, 5.74) is 0.937. The van der Waals surface area contributed by atoms with Gasteiger partial charge in [0.1, 0.15) is 18.1 Å². The molecule has 1 heterocycles. The Hall–Kier alpha value is -1.94. The molecular formula is C14H13ClO4. The number of furan rings is 1. The number of aryl methyl sites for hydroxylation is 1. The van der Waals surface area contributed by atoms with E-state index >= 15 is 0 Å². The van der Waals surface area contributed by atoms with Crippen LogP contribution in [0.2, 0.25) is 5.02 Å². The van der Waals surface area contributed by atoms with E-state index in [9.17, 15) is 4.79 Å². The predicted octanol–water partition coefficient (Wildman–Crippen LogP) is 3.61. The molecule has 0 spiro atoms. The summed E-state index contributed by atoms with van der Waals surface area (Å²) in [7, 11) is 1.30. The molecule has 0 bridgehead atoms. The Morgan fingerprint density at radius 1 is 1.32 bits per heavy atom. The van der Waals surface area contributed by atoms with Crippen molar-refractivity contribution >= 4 is 17.6 Å². The maximum atomic E-state index is 11.2. The van der Waals surface area contributed by atoms with Crippen molar-refractivity contribution in [1.29, 1.82) is 0 Å². The fourth-order valence-corrected chi connectivity index (χ4v) is 1.88. The monoisotopic (exact) mass is 280 g/mol. The van der Waals surface area contributed by atoms with E-state index in [1.807, 2.05) is 19.1 Å². The fraction of sp³-hybridized carbons (Fsp3) is 0.214. The minimum Gasteiger partial charge on any atom is -0.484 e. The molecule has 1 aromatic heterocycles. The summed E-state index contributed by atoms with van der Waals surface area (Å²) < 4.78 is 15.5. The molecule has 0 aliphatic rings. The van der Waals surface area contributed by atoms with Crippen LogP contribution in [0.5, 0.6) is 5.75 Å². The van der Waals surface area contributed by atoms with Crippen molar-refractivity contribution in [3.05, 3.63) is 52.4 Å². The minimum atomic E-state index is -0.514. The van der Waals surface area contributed by atoms with Gasteiger partial charge in [-0.05, 0) is 30.7 Å². The zero-order valence-corrected chi connectivity index (χ0v) is 11.4. The third-order valence-electron chi connectivity index (χ3n) is 2.57. The fourth-order valence-electron chi connectivity index (χ4n) is 1.61. The molecule has 0 N–H and O–H groups in total. The van der Waals surface area contributed by atoms with Gasteiger partial charge in [-0.2, -0.15) is 0 Å². The first-order valence-corrected chi connectivity index (χ1v) is 6.04. The molecule has 0 radical (unpaired) electrons. The SMILES string of the molecule is COC(=O)c1ccc(COc2c(C)cccc2Cl)o1. The standard InChI is InChI=1S/C14H13ClO4/c1-9-4-3-5-11(15)13(9)18-8-10-6-7-12(19-10)14(16)17-2/h3-7H,8H2,1-2H3. The zero-order valence-electron chi connectivity index (χ0n) is 10.6. The Labute approximate surface area is 115 Å². The first-order valence-electron chi connectivity index (χ1n) is 5.66. The summed E-state index contributed by atoms with van der Waals surface area (Å²) in [5, 5.41) is 0.541. The topological polar surface area (TPSA) is 48.7 Å². The van der Waals surface area contributed by atoms with Crippen LogP contribution in [-0.2, 0) is 11.3 Å². The normalized spacial score (nSPS) is 10.3. The highest BCUT2D eigenvalue weighted by Gasteiger charge is 2.12. The highest BCUT2D eigenvalue weighted by Crippen LogP contribution is 2.28. The number of para-hydroxylation sites is 1. The molecule has 0 atom stereocenters. The molecule has 0 aliphatic carbocycles. The van der Waals surface area contributed by atoms with E-state index < -0.39 is 5.97 Å². The van der Waals surface area contributed by atoms with Gasteiger partial charge in [-0.15, -0.1) is 0 Å². The summed E-state index contributed by atoms with van der Waals surface area (Å²) in [6.07, 6.45) is 0. The number of ether oxygens (including phenoxy) is 2. The van der Waals surface area contributed by atoms with Gasteiger partial charge in [0.05, 0.1) is 12.1 Å². The Bertz CT molecular complexity index is 569. The minimum absolute atomic E-state index is 0.150. The number of methoxy groups -OCH3 is 1. The van der Waals surface area contributed by atoms with Crippen LogP contribution in [0.1, 0.15) is 21.9 Å². The van der Waals surface area contributed by atoms with E-state index in [2.05, 4.69) is 4.74 Å². The lowest BCUT2D eigenvalue weighted by molar-refractivity contribution is 0.0561. The number of hydrogen-bond acceptors (Lipinski definition) is 4. The predicted molar refractivity (Wildman–Crippen MR) is 70.6 cm³/mol. The van der Waals surface area contributed by atoms with Crippen LogP contribution < -0.4 is 4.74 Å². The smallest absolute Gasteiger partial charge is 0.373 e.